The van der Waals surface area contributed by atoms with Gasteiger partial charge in [0.1, 0.15) is 0 Å². The van der Waals surface area contributed by atoms with Gasteiger partial charge < -0.3 is 10.1 Å². The Balaban J connectivity index is 0.000000483. The molecule has 1 heterocycles. The van der Waals surface area contributed by atoms with Crippen molar-refractivity contribution < 1.29 is 30.0 Å². The molecule has 35 heavy (non-hydrogen) atoms. The Bertz CT molecular complexity index is 1300. The van der Waals surface area contributed by atoms with Crippen molar-refractivity contribution in [2.75, 3.05) is 0 Å². The number of allylic oxidation sites excluding steroid dienone is 2. The number of nitrogens with zero attached hydrogens (tertiary/aromatic N) is 1. The summed E-state index contributed by atoms with van der Waals surface area (Å²) < 4.78 is 0. The van der Waals surface area contributed by atoms with E-state index in [1.165, 1.54) is 33.2 Å². The van der Waals surface area contributed by atoms with Crippen molar-refractivity contribution in [3.63, 3.8) is 0 Å². The normalized spacial score (nSPS) is 11.2. The molecular weight excluding hydrogens is 611 g/mol. The zero-order valence-corrected chi connectivity index (χ0v) is 22.9. The molecule has 0 amide bonds. The van der Waals surface area contributed by atoms with Gasteiger partial charge in [0.2, 0.25) is 0 Å². The number of fused-ring (bicyclic) bond motifs is 3. The number of hydrogen-bond donors (Lipinski definition) is 1. The van der Waals surface area contributed by atoms with E-state index in [-0.39, 0.29) is 44.5 Å². The van der Waals surface area contributed by atoms with E-state index >= 15 is 0 Å². The Morgan fingerprint density at radius 1 is 0.971 bits per heavy atom. The summed E-state index contributed by atoms with van der Waals surface area (Å²) in [5, 5.41) is 13.8. The average Bonchev–Trinajstić information content (AvgIpc) is 2.83. The molecular formula is C31H36IrNO2-. The van der Waals surface area contributed by atoms with Gasteiger partial charge in [0.25, 0.3) is 0 Å². The van der Waals surface area contributed by atoms with Gasteiger partial charge in [-0.25, -0.2) is 0 Å². The largest absolute Gasteiger partial charge is 0.512 e. The van der Waals surface area contributed by atoms with Gasteiger partial charge in [-0.2, -0.15) is 0 Å². The van der Waals surface area contributed by atoms with Crippen LogP contribution in [0.25, 0.3) is 32.8 Å². The minimum Gasteiger partial charge on any atom is -0.512 e. The van der Waals surface area contributed by atoms with Gasteiger partial charge in [0.05, 0.1) is 5.76 Å². The van der Waals surface area contributed by atoms with Crippen LogP contribution in [0.1, 0.15) is 60.5 Å². The zero-order valence-electron chi connectivity index (χ0n) is 20.5. The van der Waals surface area contributed by atoms with Gasteiger partial charge in [0, 0.05) is 45.2 Å². The number of aliphatic hydroxyl groups is 1. The molecule has 0 aliphatic heterocycles. The maximum atomic E-state index is 10.5. The molecule has 0 aliphatic rings. The van der Waals surface area contributed by atoms with Crippen molar-refractivity contribution in [1.29, 1.82) is 0 Å². The standard InChI is InChI=1S/C23H20N.C7H12O2.CH4.Ir/c1-23(2,3)18-9-6-8-17(15-18)22-21-12-11-16-7-4-5-10-19(16)20(21)13-14-24-22;1-3-6(8)5-7(9)4-2;;/h4-7,9-15H,1-3H3;5,8H,3-4H2,1-2H3;1H4;/q-1;;;. The van der Waals surface area contributed by atoms with E-state index in [1.54, 1.807) is 13.8 Å². The predicted molar refractivity (Wildman–Crippen MR) is 145 cm³/mol. The summed E-state index contributed by atoms with van der Waals surface area (Å²) in [6.45, 7) is 10.3. The van der Waals surface area contributed by atoms with Gasteiger partial charge >= 0.3 is 0 Å². The Kier molecular flexibility index (Phi) is 11.5. The number of rotatable bonds is 4. The van der Waals surface area contributed by atoms with Crippen LogP contribution in [0.15, 0.2) is 78.7 Å². The molecule has 4 aromatic rings. The first kappa shape index (κ1) is 30.2. The van der Waals surface area contributed by atoms with E-state index in [1.807, 2.05) is 12.3 Å². The fourth-order valence-corrected chi connectivity index (χ4v) is 3.61. The number of hydrogen-bond acceptors (Lipinski definition) is 3. The van der Waals surface area contributed by atoms with Crippen LogP contribution in [0.5, 0.6) is 0 Å². The molecule has 3 nitrogen and oxygen atoms in total. The summed E-state index contributed by atoms with van der Waals surface area (Å²) in [6.07, 6.45) is 4.18. The van der Waals surface area contributed by atoms with E-state index in [0.717, 1.165) is 11.3 Å². The molecule has 1 radical (unpaired) electrons. The molecule has 0 unspecified atom stereocenters. The van der Waals surface area contributed by atoms with Crippen LogP contribution in [0.3, 0.4) is 0 Å². The zero-order chi connectivity index (χ0) is 24.0. The van der Waals surface area contributed by atoms with E-state index < -0.39 is 0 Å². The van der Waals surface area contributed by atoms with Crippen molar-refractivity contribution in [2.45, 2.75) is 60.3 Å². The van der Waals surface area contributed by atoms with E-state index in [2.05, 4.69) is 86.4 Å². The SMILES string of the molecule is C.CC(C)(C)c1cc[c-]c(-c2nccc3c2ccc2ccccc23)c1.CCC(=O)C=C(O)CC.[Ir]. The number of pyridine rings is 1. The van der Waals surface area contributed by atoms with E-state index in [4.69, 9.17) is 5.11 Å². The topological polar surface area (TPSA) is 50.2 Å². The molecule has 0 saturated carbocycles. The molecule has 0 spiro atoms. The number of carbonyl (C=O) groups is 1. The molecule has 1 N–H and O–H groups in total. The van der Waals surface area contributed by atoms with Crippen molar-refractivity contribution in [3.05, 3.63) is 90.3 Å². The van der Waals surface area contributed by atoms with Crippen molar-refractivity contribution >= 4 is 27.3 Å². The second-order valence-corrected chi connectivity index (χ2v) is 9.09. The molecule has 1 aromatic heterocycles. The van der Waals surface area contributed by atoms with Crippen LogP contribution in [0, 0.1) is 6.07 Å². The number of aromatic nitrogens is 1. The number of carbonyl (C=O) groups excluding carboxylic acids is 1. The predicted octanol–water partition coefficient (Wildman–Crippen LogP) is 8.60. The van der Waals surface area contributed by atoms with Gasteiger partial charge in [-0.05, 0) is 38.7 Å². The average molecular weight is 647 g/mol. The molecule has 4 heteroatoms. The summed E-state index contributed by atoms with van der Waals surface area (Å²) in [5.74, 6) is 0.149. The maximum Gasteiger partial charge on any atom is 0.158 e. The molecule has 0 bridgehead atoms. The summed E-state index contributed by atoms with van der Waals surface area (Å²) >= 11 is 0. The van der Waals surface area contributed by atoms with Gasteiger partial charge in [0.15, 0.2) is 5.78 Å². The fourth-order valence-electron chi connectivity index (χ4n) is 3.61. The Morgan fingerprint density at radius 2 is 1.69 bits per heavy atom. The summed E-state index contributed by atoms with van der Waals surface area (Å²) in [6, 6.07) is 24.7. The van der Waals surface area contributed by atoms with Crippen LogP contribution in [0.2, 0.25) is 0 Å². The van der Waals surface area contributed by atoms with Crippen molar-refractivity contribution in [2.24, 2.45) is 0 Å². The fraction of sp³-hybridized carbons (Fsp3) is 0.290. The second-order valence-electron chi connectivity index (χ2n) is 9.09. The maximum absolute atomic E-state index is 10.5. The Morgan fingerprint density at radius 3 is 2.34 bits per heavy atom. The molecule has 0 aliphatic carbocycles. The number of ketones is 1. The van der Waals surface area contributed by atoms with Gasteiger partial charge in [-0.1, -0.05) is 78.4 Å². The molecule has 0 saturated heterocycles. The number of benzene rings is 3. The summed E-state index contributed by atoms with van der Waals surface area (Å²) in [5.41, 5.74) is 3.48. The molecule has 187 valence electrons. The number of aliphatic hydroxyl groups excluding tert-OH is 1. The smallest absolute Gasteiger partial charge is 0.158 e. The van der Waals surface area contributed by atoms with Crippen LogP contribution in [0.4, 0.5) is 0 Å². The first-order valence-electron chi connectivity index (χ1n) is 11.5. The molecule has 0 atom stereocenters. The quantitative estimate of drug-likeness (QED) is 0.105. The van der Waals surface area contributed by atoms with Crippen molar-refractivity contribution in [3.8, 4) is 11.3 Å². The molecule has 0 fully saturated rings. The van der Waals surface area contributed by atoms with E-state index in [9.17, 15) is 4.79 Å². The minimum atomic E-state index is -0.0191. The third-order valence-corrected chi connectivity index (χ3v) is 5.63. The first-order valence-corrected chi connectivity index (χ1v) is 11.5. The first-order chi connectivity index (χ1) is 15.7. The third-order valence-electron chi connectivity index (χ3n) is 5.63. The van der Waals surface area contributed by atoms with Gasteiger partial charge in [-0.15, -0.1) is 35.4 Å². The third kappa shape index (κ3) is 7.59. The van der Waals surface area contributed by atoms with Gasteiger partial charge in [-0.3, -0.25) is 4.79 Å². The monoisotopic (exact) mass is 647 g/mol. The van der Waals surface area contributed by atoms with E-state index in [0.29, 0.717) is 12.8 Å². The summed E-state index contributed by atoms with van der Waals surface area (Å²) in [7, 11) is 0. The van der Waals surface area contributed by atoms with Crippen LogP contribution in [-0.4, -0.2) is 15.9 Å². The molecule has 3 aromatic carbocycles. The summed E-state index contributed by atoms with van der Waals surface area (Å²) in [4.78, 5) is 15.2. The van der Waals surface area contributed by atoms with Crippen LogP contribution >= 0.6 is 0 Å². The molecule has 4 rings (SSSR count). The Labute approximate surface area is 223 Å². The second kappa shape index (κ2) is 13.3. The van der Waals surface area contributed by atoms with Crippen LogP contribution in [-0.2, 0) is 30.3 Å². The Hall–Kier alpha value is -2.81. The van der Waals surface area contributed by atoms with Crippen molar-refractivity contribution in [1.82, 2.24) is 4.98 Å². The van der Waals surface area contributed by atoms with Crippen LogP contribution < -0.4 is 0 Å². The minimum absolute atomic E-state index is 0.